The van der Waals surface area contributed by atoms with Crippen LogP contribution in [0.4, 0.5) is 0 Å². The van der Waals surface area contributed by atoms with Gasteiger partial charge in [-0.2, -0.15) is 0 Å². The van der Waals surface area contributed by atoms with E-state index in [1.54, 1.807) is 7.05 Å². The summed E-state index contributed by atoms with van der Waals surface area (Å²) < 4.78 is 0. The van der Waals surface area contributed by atoms with Crippen molar-refractivity contribution in [1.82, 2.24) is 15.5 Å². The molecule has 1 rings (SSSR count). The second-order valence-electron chi connectivity index (χ2n) is 5.47. The van der Waals surface area contributed by atoms with Gasteiger partial charge >= 0.3 is 0 Å². The predicted molar refractivity (Wildman–Crippen MR) is 71.0 cm³/mol. The number of piperidine rings is 1. The molecule has 100 valence electrons. The first kappa shape index (κ1) is 14.5. The third-order valence-corrected chi connectivity index (χ3v) is 3.34. The van der Waals surface area contributed by atoms with Gasteiger partial charge in [-0.05, 0) is 38.8 Å². The standard InChI is InChI=1S/C13H27N3O/c1-10(2)9-16-7-5-12(6-8-16)15-11(3)13(17)14-4/h10-12,15H,5-9H2,1-4H3,(H,14,17). The molecule has 17 heavy (non-hydrogen) atoms. The van der Waals surface area contributed by atoms with Crippen LogP contribution in [0.2, 0.25) is 0 Å². The summed E-state index contributed by atoms with van der Waals surface area (Å²) in [5.74, 6) is 0.818. The van der Waals surface area contributed by atoms with E-state index in [-0.39, 0.29) is 11.9 Å². The molecule has 2 N–H and O–H groups in total. The van der Waals surface area contributed by atoms with Gasteiger partial charge in [0.15, 0.2) is 0 Å². The molecule has 1 amide bonds. The highest BCUT2D eigenvalue weighted by molar-refractivity contribution is 5.80. The highest BCUT2D eigenvalue weighted by Gasteiger charge is 2.22. The van der Waals surface area contributed by atoms with E-state index in [9.17, 15) is 4.79 Å². The number of hydrogen-bond donors (Lipinski definition) is 2. The second-order valence-corrected chi connectivity index (χ2v) is 5.47. The van der Waals surface area contributed by atoms with E-state index >= 15 is 0 Å². The lowest BCUT2D eigenvalue weighted by atomic mass is 10.0. The summed E-state index contributed by atoms with van der Waals surface area (Å²) in [6, 6.07) is 0.410. The fraction of sp³-hybridized carbons (Fsp3) is 0.923. The third-order valence-electron chi connectivity index (χ3n) is 3.34. The van der Waals surface area contributed by atoms with Gasteiger partial charge < -0.3 is 15.5 Å². The van der Waals surface area contributed by atoms with Crippen LogP contribution in [-0.2, 0) is 4.79 Å². The summed E-state index contributed by atoms with van der Waals surface area (Å²) in [7, 11) is 1.69. The molecule has 1 aliphatic rings. The van der Waals surface area contributed by atoms with Crippen molar-refractivity contribution in [2.45, 2.75) is 45.7 Å². The van der Waals surface area contributed by atoms with Crippen molar-refractivity contribution in [3.63, 3.8) is 0 Å². The van der Waals surface area contributed by atoms with Gasteiger partial charge in [0.1, 0.15) is 0 Å². The molecule has 0 radical (unpaired) electrons. The van der Waals surface area contributed by atoms with E-state index in [4.69, 9.17) is 0 Å². The topological polar surface area (TPSA) is 44.4 Å². The third kappa shape index (κ3) is 5.04. The Balaban J connectivity index is 2.25. The van der Waals surface area contributed by atoms with E-state index in [0.29, 0.717) is 6.04 Å². The van der Waals surface area contributed by atoms with Gasteiger partial charge in [-0.25, -0.2) is 0 Å². The molecule has 0 spiro atoms. The maximum absolute atomic E-state index is 11.4. The highest BCUT2D eigenvalue weighted by Crippen LogP contribution is 2.12. The Labute approximate surface area is 105 Å². The summed E-state index contributed by atoms with van der Waals surface area (Å²) in [6.07, 6.45) is 2.29. The first-order valence-electron chi connectivity index (χ1n) is 6.73. The normalized spacial score (nSPS) is 20.5. The molecule has 4 heteroatoms. The minimum atomic E-state index is -0.0818. The van der Waals surface area contributed by atoms with Crippen LogP contribution in [0.25, 0.3) is 0 Å². The van der Waals surface area contributed by atoms with Crippen molar-refractivity contribution in [1.29, 1.82) is 0 Å². The maximum Gasteiger partial charge on any atom is 0.236 e. The zero-order valence-electron chi connectivity index (χ0n) is 11.6. The molecule has 1 unspecified atom stereocenters. The lowest BCUT2D eigenvalue weighted by Crippen LogP contribution is -2.50. The summed E-state index contributed by atoms with van der Waals surface area (Å²) in [6.45, 7) is 9.94. The lowest BCUT2D eigenvalue weighted by molar-refractivity contribution is -0.122. The van der Waals surface area contributed by atoms with Crippen LogP contribution < -0.4 is 10.6 Å². The summed E-state index contributed by atoms with van der Waals surface area (Å²) in [5, 5.41) is 6.08. The van der Waals surface area contributed by atoms with E-state index in [1.165, 1.54) is 6.54 Å². The van der Waals surface area contributed by atoms with Gasteiger partial charge in [0.2, 0.25) is 5.91 Å². The molecule has 1 atom stereocenters. The number of nitrogens with zero attached hydrogens (tertiary/aromatic N) is 1. The van der Waals surface area contributed by atoms with Gasteiger partial charge in [0.25, 0.3) is 0 Å². The molecule has 0 aliphatic carbocycles. The number of likely N-dealkylation sites (N-methyl/N-ethyl adjacent to an activating group) is 1. The van der Waals surface area contributed by atoms with Crippen LogP contribution in [0.15, 0.2) is 0 Å². The molecule has 0 saturated carbocycles. The van der Waals surface area contributed by atoms with Crippen molar-refractivity contribution >= 4 is 5.91 Å². The largest absolute Gasteiger partial charge is 0.358 e. The predicted octanol–water partition coefficient (Wildman–Crippen LogP) is 0.831. The Morgan fingerprint density at radius 3 is 2.35 bits per heavy atom. The first-order valence-corrected chi connectivity index (χ1v) is 6.73. The number of rotatable bonds is 5. The Morgan fingerprint density at radius 2 is 1.88 bits per heavy atom. The van der Waals surface area contributed by atoms with Gasteiger partial charge in [-0.3, -0.25) is 4.79 Å². The van der Waals surface area contributed by atoms with Crippen molar-refractivity contribution in [3.05, 3.63) is 0 Å². The Bertz CT molecular complexity index is 235. The average molecular weight is 241 g/mol. The van der Waals surface area contributed by atoms with E-state index in [1.807, 2.05) is 6.92 Å². The van der Waals surface area contributed by atoms with Crippen LogP contribution in [0.1, 0.15) is 33.6 Å². The SMILES string of the molecule is CNC(=O)C(C)NC1CCN(CC(C)C)CC1. The monoisotopic (exact) mass is 241 g/mol. The molecular formula is C13H27N3O. The van der Waals surface area contributed by atoms with Crippen LogP contribution in [0.5, 0.6) is 0 Å². The first-order chi connectivity index (χ1) is 8.02. The van der Waals surface area contributed by atoms with Crippen molar-refractivity contribution in [2.24, 2.45) is 5.92 Å². The zero-order chi connectivity index (χ0) is 12.8. The van der Waals surface area contributed by atoms with Crippen LogP contribution in [0, 0.1) is 5.92 Å². The number of hydrogen-bond acceptors (Lipinski definition) is 3. The highest BCUT2D eigenvalue weighted by atomic mass is 16.2. The number of nitrogens with one attached hydrogen (secondary N) is 2. The quantitative estimate of drug-likeness (QED) is 0.749. The number of amides is 1. The van der Waals surface area contributed by atoms with Crippen LogP contribution in [-0.4, -0.2) is 49.6 Å². The molecule has 0 aromatic carbocycles. The summed E-state index contributed by atoms with van der Waals surface area (Å²) in [4.78, 5) is 13.9. The molecule has 1 aliphatic heterocycles. The molecule has 1 fully saturated rings. The Morgan fingerprint density at radius 1 is 1.29 bits per heavy atom. The van der Waals surface area contributed by atoms with Crippen molar-refractivity contribution < 1.29 is 4.79 Å². The van der Waals surface area contributed by atoms with Crippen molar-refractivity contribution in [3.8, 4) is 0 Å². The Kier molecular flexibility index (Phi) is 5.92. The molecule has 1 saturated heterocycles. The van der Waals surface area contributed by atoms with Crippen LogP contribution in [0.3, 0.4) is 0 Å². The second kappa shape index (κ2) is 6.97. The molecule has 1 heterocycles. The molecule has 0 bridgehead atoms. The summed E-state index contributed by atoms with van der Waals surface area (Å²) in [5.41, 5.74) is 0. The van der Waals surface area contributed by atoms with Gasteiger partial charge in [0.05, 0.1) is 6.04 Å². The number of carbonyl (C=O) groups is 1. The zero-order valence-corrected chi connectivity index (χ0v) is 11.6. The van der Waals surface area contributed by atoms with E-state index in [0.717, 1.165) is 31.8 Å². The summed E-state index contributed by atoms with van der Waals surface area (Å²) >= 11 is 0. The molecule has 0 aromatic heterocycles. The van der Waals surface area contributed by atoms with E-state index < -0.39 is 0 Å². The molecule has 4 nitrogen and oxygen atoms in total. The van der Waals surface area contributed by atoms with Crippen LogP contribution >= 0.6 is 0 Å². The average Bonchev–Trinajstić information content (AvgIpc) is 2.30. The fourth-order valence-corrected chi connectivity index (χ4v) is 2.44. The number of carbonyl (C=O) groups excluding carboxylic acids is 1. The van der Waals surface area contributed by atoms with Gasteiger partial charge in [-0.15, -0.1) is 0 Å². The fourth-order valence-electron chi connectivity index (χ4n) is 2.44. The van der Waals surface area contributed by atoms with E-state index in [2.05, 4.69) is 29.4 Å². The minimum Gasteiger partial charge on any atom is -0.358 e. The van der Waals surface area contributed by atoms with Crippen molar-refractivity contribution in [2.75, 3.05) is 26.7 Å². The molecular weight excluding hydrogens is 214 g/mol. The Hall–Kier alpha value is -0.610. The van der Waals surface area contributed by atoms with Gasteiger partial charge in [-0.1, -0.05) is 13.8 Å². The lowest BCUT2D eigenvalue weighted by Gasteiger charge is -2.34. The van der Waals surface area contributed by atoms with Gasteiger partial charge in [0, 0.05) is 19.6 Å². The molecule has 0 aromatic rings. The maximum atomic E-state index is 11.4. The smallest absolute Gasteiger partial charge is 0.236 e. The number of likely N-dealkylation sites (tertiary alicyclic amines) is 1. The minimum absolute atomic E-state index is 0.0783.